The highest BCUT2D eigenvalue weighted by Crippen LogP contribution is 2.06. The molecule has 32 heavy (non-hydrogen) atoms. The molecule has 0 heterocycles. The minimum absolute atomic E-state index is 0.0721. The highest BCUT2D eigenvalue weighted by atomic mass is 32.2. The van der Waals surface area contributed by atoms with Crippen molar-refractivity contribution < 1.29 is 23.1 Å². The summed E-state index contributed by atoms with van der Waals surface area (Å²) in [6.07, 6.45) is 0. The molecule has 0 saturated carbocycles. The van der Waals surface area contributed by atoms with Crippen LogP contribution in [0.15, 0.2) is 54.6 Å². The van der Waals surface area contributed by atoms with Crippen LogP contribution >= 0.6 is 0 Å². The first-order valence-electron chi connectivity index (χ1n) is 9.77. The standard InChI is InChI=1S/C21H27N5O5S/c1-14(26-32(30,31)13-16-5-3-2-4-6-16)20(28)25-18(12-27)21(29)24-11-15-7-9-17(10-8-15)19(22)23/h2-10,14,18,26-27H,11-13H2,1H3,(H3,22,23)(H,24,29)(H,25,28)/t14-,18+/m1/s1. The third-order valence-electron chi connectivity index (χ3n) is 4.50. The Balaban J connectivity index is 1.88. The Bertz CT molecular complexity index is 1040. The van der Waals surface area contributed by atoms with Crippen molar-refractivity contribution in [2.75, 3.05) is 6.61 Å². The van der Waals surface area contributed by atoms with Gasteiger partial charge in [0.05, 0.1) is 18.4 Å². The second kappa shape index (κ2) is 11.4. The topological polar surface area (TPSA) is 174 Å². The molecule has 0 bridgehead atoms. The molecule has 2 aromatic carbocycles. The van der Waals surface area contributed by atoms with Gasteiger partial charge in [0, 0.05) is 12.1 Å². The average molecular weight is 462 g/mol. The number of aliphatic hydroxyl groups excluding tert-OH is 1. The lowest BCUT2D eigenvalue weighted by atomic mass is 10.1. The van der Waals surface area contributed by atoms with Gasteiger partial charge in [-0.1, -0.05) is 54.6 Å². The number of sulfonamides is 1. The number of nitrogen functional groups attached to an aromatic ring is 1. The number of rotatable bonds is 11. The Morgan fingerprint density at radius 1 is 1.03 bits per heavy atom. The molecule has 172 valence electrons. The highest BCUT2D eigenvalue weighted by molar-refractivity contribution is 7.88. The molecule has 11 heteroatoms. The van der Waals surface area contributed by atoms with Crippen molar-refractivity contribution in [2.24, 2.45) is 5.73 Å². The van der Waals surface area contributed by atoms with Crippen molar-refractivity contribution in [3.05, 3.63) is 71.3 Å². The van der Waals surface area contributed by atoms with Crippen molar-refractivity contribution in [1.29, 1.82) is 5.41 Å². The monoisotopic (exact) mass is 461 g/mol. The summed E-state index contributed by atoms with van der Waals surface area (Å²) in [7, 11) is -3.80. The van der Waals surface area contributed by atoms with Crippen LogP contribution in [0.4, 0.5) is 0 Å². The fourth-order valence-corrected chi connectivity index (χ4v) is 4.12. The number of hydrogen-bond donors (Lipinski definition) is 6. The van der Waals surface area contributed by atoms with Crippen molar-refractivity contribution in [2.45, 2.75) is 31.3 Å². The summed E-state index contributed by atoms with van der Waals surface area (Å²) in [4.78, 5) is 24.7. The largest absolute Gasteiger partial charge is 0.394 e. The molecule has 0 spiro atoms. The van der Waals surface area contributed by atoms with Gasteiger partial charge in [0.2, 0.25) is 21.8 Å². The Hall–Kier alpha value is -3.28. The van der Waals surface area contributed by atoms with Crippen LogP contribution < -0.4 is 21.1 Å². The molecule has 7 N–H and O–H groups in total. The number of carbonyl (C=O) groups is 2. The lowest BCUT2D eigenvalue weighted by Crippen LogP contribution is -2.54. The van der Waals surface area contributed by atoms with Crippen molar-refractivity contribution in [3.8, 4) is 0 Å². The van der Waals surface area contributed by atoms with Crippen molar-refractivity contribution >= 4 is 27.7 Å². The minimum atomic E-state index is -3.80. The predicted molar refractivity (Wildman–Crippen MR) is 120 cm³/mol. The van der Waals surface area contributed by atoms with Gasteiger partial charge in [-0.05, 0) is 18.1 Å². The molecule has 0 aliphatic heterocycles. The van der Waals surface area contributed by atoms with Crippen LogP contribution in [-0.2, 0) is 31.9 Å². The van der Waals surface area contributed by atoms with Gasteiger partial charge in [-0.3, -0.25) is 15.0 Å². The SMILES string of the molecule is C[C@@H](NS(=O)(=O)Cc1ccccc1)C(=O)N[C@@H](CO)C(=O)NCc1ccc(C(=N)N)cc1. The molecule has 10 nitrogen and oxygen atoms in total. The minimum Gasteiger partial charge on any atom is -0.394 e. The van der Waals surface area contributed by atoms with Crippen LogP contribution in [-0.4, -0.2) is 49.9 Å². The molecule has 0 aliphatic rings. The zero-order chi connectivity index (χ0) is 23.7. The van der Waals surface area contributed by atoms with Crippen LogP contribution in [0.1, 0.15) is 23.6 Å². The molecule has 2 rings (SSSR count). The maximum absolute atomic E-state index is 12.4. The first kappa shape index (κ1) is 25.0. The molecule has 2 aromatic rings. The van der Waals surface area contributed by atoms with Crippen LogP contribution in [0, 0.1) is 5.41 Å². The zero-order valence-electron chi connectivity index (χ0n) is 17.5. The molecular formula is C21H27N5O5S. The van der Waals surface area contributed by atoms with E-state index in [2.05, 4.69) is 15.4 Å². The summed E-state index contributed by atoms with van der Waals surface area (Å²) in [6.45, 7) is 0.813. The van der Waals surface area contributed by atoms with Crippen LogP contribution in [0.25, 0.3) is 0 Å². The van der Waals surface area contributed by atoms with E-state index in [0.29, 0.717) is 11.1 Å². The van der Waals surface area contributed by atoms with Gasteiger partial charge in [-0.25, -0.2) is 13.1 Å². The Morgan fingerprint density at radius 2 is 1.66 bits per heavy atom. The number of hydrogen-bond acceptors (Lipinski definition) is 6. The fourth-order valence-electron chi connectivity index (χ4n) is 2.76. The molecule has 0 radical (unpaired) electrons. The van der Waals surface area contributed by atoms with Gasteiger partial charge in [0.15, 0.2) is 0 Å². The lowest BCUT2D eigenvalue weighted by molar-refractivity contribution is -0.130. The number of nitrogens with two attached hydrogens (primary N) is 1. The molecule has 0 aliphatic carbocycles. The maximum atomic E-state index is 12.4. The van der Waals surface area contributed by atoms with E-state index in [9.17, 15) is 23.1 Å². The van der Waals surface area contributed by atoms with E-state index in [-0.39, 0.29) is 18.1 Å². The third kappa shape index (κ3) is 7.76. The van der Waals surface area contributed by atoms with Crippen molar-refractivity contribution in [3.63, 3.8) is 0 Å². The number of nitrogens with one attached hydrogen (secondary N) is 4. The summed E-state index contributed by atoms with van der Waals surface area (Å²) in [5.74, 6) is -1.74. The number of benzene rings is 2. The average Bonchev–Trinajstić information content (AvgIpc) is 2.75. The first-order valence-corrected chi connectivity index (χ1v) is 11.4. The van der Waals surface area contributed by atoms with E-state index < -0.39 is 40.5 Å². The van der Waals surface area contributed by atoms with Crippen LogP contribution in [0.5, 0.6) is 0 Å². The lowest BCUT2D eigenvalue weighted by Gasteiger charge is -2.20. The highest BCUT2D eigenvalue weighted by Gasteiger charge is 2.25. The smallest absolute Gasteiger partial charge is 0.245 e. The van der Waals surface area contributed by atoms with E-state index in [1.165, 1.54) is 6.92 Å². The molecule has 0 unspecified atom stereocenters. The molecule has 2 amide bonds. The Morgan fingerprint density at radius 3 is 2.22 bits per heavy atom. The Kier molecular flexibility index (Phi) is 8.88. The van der Waals surface area contributed by atoms with Crippen LogP contribution in [0.2, 0.25) is 0 Å². The summed E-state index contributed by atoms with van der Waals surface area (Å²) in [6, 6.07) is 12.8. The maximum Gasteiger partial charge on any atom is 0.245 e. The van der Waals surface area contributed by atoms with E-state index in [1.54, 1.807) is 54.6 Å². The predicted octanol–water partition coefficient (Wildman–Crippen LogP) is -0.428. The summed E-state index contributed by atoms with van der Waals surface area (Å²) >= 11 is 0. The van der Waals surface area contributed by atoms with E-state index in [1.807, 2.05) is 0 Å². The number of amidine groups is 1. The third-order valence-corrected chi connectivity index (χ3v) is 5.92. The molecule has 0 saturated heterocycles. The number of aliphatic hydroxyl groups is 1. The summed E-state index contributed by atoms with van der Waals surface area (Å²) in [5, 5.41) is 21.8. The quantitative estimate of drug-likeness (QED) is 0.196. The van der Waals surface area contributed by atoms with Crippen LogP contribution in [0.3, 0.4) is 0 Å². The summed E-state index contributed by atoms with van der Waals surface area (Å²) in [5.41, 5.74) is 7.24. The fraction of sp³-hybridized carbons (Fsp3) is 0.286. The van der Waals surface area contributed by atoms with Gasteiger partial charge in [-0.15, -0.1) is 0 Å². The van der Waals surface area contributed by atoms with Gasteiger partial charge < -0.3 is 21.5 Å². The van der Waals surface area contributed by atoms with E-state index >= 15 is 0 Å². The van der Waals surface area contributed by atoms with Gasteiger partial charge in [-0.2, -0.15) is 0 Å². The zero-order valence-corrected chi connectivity index (χ0v) is 18.4. The Labute approximate surface area is 186 Å². The second-order valence-corrected chi connectivity index (χ2v) is 8.91. The van der Waals surface area contributed by atoms with Gasteiger partial charge >= 0.3 is 0 Å². The normalized spacial score (nSPS) is 13.1. The molecule has 0 fully saturated rings. The van der Waals surface area contributed by atoms with Crippen molar-refractivity contribution in [1.82, 2.24) is 15.4 Å². The van der Waals surface area contributed by atoms with E-state index in [0.717, 1.165) is 5.56 Å². The molecule has 0 aromatic heterocycles. The molecular weight excluding hydrogens is 434 g/mol. The number of amides is 2. The summed E-state index contributed by atoms with van der Waals surface area (Å²) < 4.78 is 26.8. The van der Waals surface area contributed by atoms with Gasteiger partial charge in [0.1, 0.15) is 11.9 Å². The van der Waals surface area contributed by atoms with Gasteiger partial charge in [0.25, 0.3) is 0 Å². The van der Waals surface area contributed by atoms with E-state index in [4.69, 9.17) is 11.1 Å². The molecule has 2 atom stereocenters. The first-order chi connectivity index (χ1) is 15.1. The number of carbonyl (C=O) groups excluding carboxylic acids is 2. The second-order valence-electron chi connectivity index (χ2n) is 7.16.